The van der Waals surface area contributed by atoms with Crippen molar-refractivity contribution < 1.29 is 5.11 Å². The molecular formula is C6H8N2O2. The largest absolute Gasteiger partial charge is 0.507 e. The molecule has 4 heteroatoms. The molecule has 0 amide bonds. The number of rotatable bonds is 0. The summed E-state index contributed by atoms with van der Waals surface area (Å²) in [4.78, 5) is 12.9. The average Bonchev–Trinajstić information content (AvgIpc) is 1.82. The van der Waals surface area contributed by atoms with E-state index < -0.39 is 0 Å². The summed E-state index contributed by atoms with van der Waals surface area (Å²) >= 11 is 0. The number of anilines is 1. The Kier molecular flexibility index (Phi) is 1.37. The average molecular weight is 140 g/mol. The van der Waals surface area contributed by atoms with Gasteiger partial charge in [-0.15, -0.1) is 0 Å². The highest BCUT2D eigenvalue weighted by Gasteiger charge is 1.99. The van der Waals surface area contributed by atoms with E-state index in [1.165, 1.54) is 0 Å². The number of nitrogens with two attached hydrogens (primary N) is 1. The van der Waals surface area contributed by atoms with Crippen LogP contribution in [-0.2, 0) is 0 Å². The summed E-state index contributed by atoms with van der Waals surface area (Å²) in [5.74, 6) is 0.145. The van der Waals surface area contributed by atoms with E-state index in [9.17, 15) is 4.79 Å². The molecular weight excluding hydrogens is 132 g/mol. The van der Waals surface area contributed by atoms with Gasteiger partial charge < -0.3 is 15.8 Å². The van der Waals surface area contributed by atoms with Crippen LogP contribution < -0.4 is 11.3 Å². The van der Waals surface area contributed by atoms with Crippen LogP contribution in [0.1, 0.15) is 5.56 Å². The van der Waals surface area contributed by atoms with Crippen LogP contribution in [0.2, 0.25) is 0 Å². The maximum Gasteiger partial charge on any atom is 0.253 e. The quantitative estimate of drug-likeness (QED) is 0.473. The lowest BCUT2D eigenvalue weighted by Crippen LogP contribution is -2.08. The van der Waals surface area contributed by atoms with Gasteiger partial charge in [-0.05, 0) is 6.92 Å². The van der Waals surface area contributed by atoms with Crippen molar-refractivity contribution >= 4 is 5.82 Å². The van der Waals surface area contributed by atoms with Gasteiger partial charge in [-0.1, -0.05) is 0 Å². The standard InChI is InChI=1S/C6H8N2O2/c1-3-4(9)2-5(10)8-6(3)7/h2H,1H3,(H4,7,8,9,10). The molecule has 0 aromatic carbocycles. The monoisotopic (exact) mass is 140 g/mol. The Labute approximate surface area is 57.3 Å². The third kappa shape index (κ3) is 0.953. The SMILES string of the molecule is Cc1c(O)cc(=O)[nH]c1N. The lowest BCUT2D eigenvalue weighted by atomic mass is 10.3. The van der Waals surface area contributed by atoms with Gasteiger partial charge in [0.2, 0.25) is 0 Å². The zero-order valence-electron chi connectivity index (χ0n) is 5.51. The van der Waals surface area contributed by atoms with Gasteiger partial charge in [0.25, 0.3) is 5.56 Å². The number of aromatic hydroxyl groups is 1. The van der Waals surface area contributed by atoms with E-state index in [1.807, 2.05) is 0 Å². The molecule has 0 fully saturated rings. The molecule has 1 rings (SSSR count). The van der Waals surface area contributed by atoms with E-state index in [1.54, 1.807) is 6.92 Å². The molecule has 0 atom stereocenters. The Hall–Kier alpha value is -1.45. The molecule has 4 nitrogen and oxygen atoms in total. The highest BCUT2D eigenvalue weighted by atomic mass is 16.3. The van der Waals surface area contributed by atoms with Crippen molar-refractivity contribution in [1.82, 2.24) is 4.98 Å². The summed E-state index contributed by atoms with van der Waals surface area (Å²) in [6.07, 6.45) is 0. The smallest absolute Gasteiger partial charge is 0.253 e. The maximum atomic E-state index is 10.6. The first-order valence-electron chi connectivity index (χ1n) is 2.79. The molecule has 1 aromatic heterocycles. The van der Waals surface area contributed by atoms with Crippen molar-refractivity contribution in [3.8, 4) is 5.75 Å². The van der Waals surface area contributed by atoms with Crippen LogP contribution >= 0.6 is 0 Å². The fraction of sp³-hybridized carbons (Fsp3) is 0.167. The number of aromatic amines is 1. The number of hydrogen-bond acceptors (Lipinski definition) is 3. The molecule has 54 valence electrons. The summed E-state index contributed by atoms with van der Waals surface area (Å²) in [7, 11) is 0. The zero-order valence-corrected chi connectivity index (χ0v) is 5.51. The number of H-pyrrole nitrogens is 1. The van der Waals surface area contributed by atoms with E-state index in [0.717, 1.165) is 6.07 Å². The van der Waals surface area contributed by atoms with Gasteiger partial charge in [-0.3, -0.25) is 4.79 Å². The van der Waals surface area contributed by atoms with E-state index in [2.05, 4.69) is 4.98 Å². The third-order valence-electron chi connectivity index (χ3n) is 1.31. The van der Waals surface area contributed by atoms with Crippen LogP contribution in [0.15, 0.2) is 10.9 Å². The maximum absolute atomic E-state index is 10.6. The van der Waals surface area contributed by atoms with Crippen molar-refractivity contribution in [2.45, 2.75) is 6.92 Å². The van der Waals surface area contributed by atoms with Gasteiger partial charge in [0.1, 0.15) is 11.6 Å². The summed E-state index contributed by atoms with van der Waals surface area (Å²) in [6.45, 7) is 1.63. The van der Waals surface area contributed by atoms with Crippen molar-refractivity contribution in [1.29, 1.82) is 0 Å². The molecule has 0 spiro atoms. The van der Waals surface area contributed by atoms with Gasteiger partial charge >= 0.3 is 0 Å². The van der Waals surface area contributed by atoms with E-state index >= 15 is 0 Å². The highest BCUT2D eigenvalue weighted by molar-refractivity contribution is 5.45. The summed E-state index contributed by atoms with van der Waals surface area (Å²) < 4.78 is 0. The van der Waals surface area contributed by atoms with Gasteiger partial charge in [0.15, 0.2) is 0 Å². The van der Waals surface area contributed by atoms with Crippen LogP contribution in [-0.4, -0.2) is 10.1 Å². The van der Waals surface area contributed by atoms with Gasteiger partial charge in [0.05, 0.1) is 0 Å². The van der Waals surface area contributed by atoms with E-state index in [0.29, 0.717) is 5.56 Å². The fourth-order valence-corrected chi connectivity index (χ4v) is 0.633. The predicted octanol–water partition coefficient (Wildman–Crippen LogP) is -0.0289. The Morgan fingerprint density at radius 1 is 1.70 bits per heavy atom. The molecule has 1 aromatic rings. The van der Waals surface area contributed by atoms with Crippen LogP contribution in [0.3, 0.4) is 0 Å². The van der Waals surface area contributed by atoms with E-state index in [4.69, 9.17) is 10.8 Å². The van der Waals surface area contributed by atoms with Crippen LogP contribution in [0.25, 0.3) is 0 Å². The predicted molar refractivity (Wildman–Crippen MR) is 37.9 cm³/mol. The molecule has 0 saturated carbocycles. The second-order valence-electron chi connectivity index (χ2n) is 2.06. The van der Waals surface area contributed by atoms with Crippen molar-refractivity contribution in [2.24, 2.45) is 0 Å². The molecule has 0 saturated heterocycles. The zero-order chi connectivity index (χ0) is 7.72. The normalized spacial score (nSPS) is 9.70. The summed E-state index contributed by atoms with van der Waals surface area (Å²) in [6, 6.07) is 1.09. The van der Waals surface area contributed by atoms with Crippen molar-refractivity contribution in [3.63, 3.8) is 0 Å². The Bertz CT molecular complexity index is 277. The lowest BCUT2D eigenvalue weighted by Gasteiger charge is -1.99. The van der Waals surface area contributed by atoms with Crippen LogP contribution in [0.5, 0.6) is 5.75 Å². The topological polar surface area (TPSA) is 79.1 Å². The molecule has 0 unspecified atom stereocenters. The van der Waals surface area contributed by atoms with Crippen molar-refractivity contribution in [3.05, 3.63) is 22.0 Å². The van der Waals surface area contributed by atoms with Gasteiger partial charge in [-0.25, -0.2) is 0 Å². The molecule has 10 heavy (non-hydrogen) atoms. The first-order valence-corrected chi connectivity index (χ1v) is 2.79. The lowest BCUT2D eigenvalue weighted by molar-refractivity contribution is 0.470. The second kappa shape index (κ2) is 2.06. The number of pyridine rings is 1. The molecule has 0 bridgehead atoms. The molecule has 4 N–H and O–H groups in total. The number of aromatic nitrogens is 1. The minimum absolute atomic E-state index is 0.0683. The second-order valence-corrected chi connectivity index (χ2v) is 2.06. The van der Waals surface area contributed by atoms with Crippen LogP contribution in [0.4, 0.5) is 5.82 Å². The Morgan fingerprint density at radius 3 is 2.80 bits per heavy atom. The van der Waals surface area contributed by atoms with Crippen molar-refractivity contribution in [2.75, 3.05) is 5.73 Å². The molecule has 1 heterocycles. The first-order chi connectivity index (χ1) is 4.61. The minimum Gasteiger partial charge on any atom is -0.507 e. The third-order valence-corrected chi connectivity index (χ3v) is 1.31. The Morgan fingerprint density at radius 2 is 2.30 bits per heavy atom. The Balaban J connectivity index is 3.46. The number of hydrogen-bond donors (Lipinski definition) is 3. The summed E-state index contributed by atoms with van der Waals surface area (Å²) in [5, 5.41) is 8.98. The first kappa shape index (κ1) is 6.67. The van der Waals surface area contributed by atoms with E-state index in [-0.39, 0.29) is 17.1 Å². The molecule has 0 aliphatic carbocycles. The van der Waals surface area contributed by atoms with Gasteiger partial charge in [-0.2, -0.15) is 0 Å². The number of nitrogens with one attached hydrogen (secondary N) is 1. The highest BCUT2D eigenvalue weighted by Crippen LogP contribution is 2.15. The molecule has 0 aliphatic rings. The van der Waals surface area contributed by atoms with Crippen LogP contribution in [0, 0.1) is 6.92 Å². The summed E-state index contributed by atoms with van der Waals surface area (Å²) in [5.41, 5.74) is 5.42. The molecule has 0 radical (unpaired) electrons. The molecule has 0 aliphatic heterocycles. The number of nitrogen functional groups attached to an aromatic ring is 1. The van der Waals surface area contributed by atoms with Gasteiger partial charge in [0, 0.05) is 11.6 Å². The fourth-order valence-electron chi connectivity index (χ4n) is 0.633. The minimum atomic E-state index is -0.388.